The average molecular weight is 538 g/mol. The SMILES string of the molecule is O=C(Cc1cccnc1)Nc1ccc(Cc2nc(NC(=O)Nc3ccc(C(F)(F)F)cc3)c(C(=O)O)[nH]2)cc1. The number of nitrogens with one attached hydrogen (secondary N) is 4. The van der Waals surface area contributed by atoms with Crippen molar-refractivity contribution in [2.45, 2.75) is 19.0 Å². The second-order valence-corrected chi connectivity index (χ2v) is 8.33. The van der Waals surface area contributed by atoms with Gasteiger partial charge in [0.15, 0.2) is 11.5 Å². The molecular formula is C26H21F3N6O4. The molecule has 10 nitrogen and oxygen atoms in total. The molecule has 0 atom stereocenters. The Labute approximate surface area is 219 Å². The summed E-state index contributed by atoms with van der Waals surface area (Å²) in [7, 11) is 0. The number of aromatic carboxylic acids is 1. The summed E-state index contributed by atoms with van der Waals surface area (Å²) in [4.78, 5) is 46.9. The fraction of sp³-hybridized carbons (Fsp3) is 0.115. The van der Waals surface area contributed by atoms with E-state index in [1.807, 2.05) is 0 Å². The minimum Gasteiger partial charge on any atom is -0.476 e. The molecular weight excluding hydrogens is 517 g/mol. The fourth-order valence-corrected chi connectivity index (χ4v) is 3.56. The zero-order chi connectivity index (χ0) is 28.0. The van der Waals surface area contributed by atoms with E-state index in [-0.39, 0.29) is 41.8 Å². The summed E-state index contributed by atoms with van der Waals surface area (Å²) < 4.78 is 38.1. The number of urea groups is 1. The first-order valence-electron chi connectivity index (χ1n) is 11.4. The van der Waals surface area contributed by atoms with Gasteiger partial charge in [0, 0.05) is 30.2 Å². The number of pyridine rings is 1. The maximum Gasteiger partial charge on any atom is 0.416 e. The molecule has 4 aromatic rings. The topological polar surface area (TPSA) is 149 Å². The van der Waals surface area contributed by atoms with Crippen molar-refractivity contribution >= 4 is 35.1 Å². The Hall–Kier alpha value is -5.20. The number of imidazole rings is 1. The minimum absolute atomic E-state index is 0.0701. The predicted molar refractivity (Wildman–Crippen MR) is 135 cm³/mol. The molecule has 0 aliphatic carbocycles. The number of hydrogen-bond acceptors (Lipinski definition) is 5. The number of carbonyl (C=O) groups is 3. The zero-order valence-electron chi connectivity index (χ0n) is 20.0. The van der Waals surface area contributed by atoms with Crippen LogP contribution in [0.25, 0.3) is 0 Å². The lowest BCUT2D eigenvalue weighted by Gasteiger charge is -2.09. The van der Waals surface area contributed by atoms with Crippen LogP contribution >= 0.6 is 0 Å². The van der Waals surface area contributed by atoms with E-state index in [9.17, 15) is 32.7 Å². The molecule has 0 spiro atoms. The molecule has 0 saturated heterocycles. The molecule has 200 valence electrons. The number of carboxylic acid groups (broad SMARTS) is 1. The first-order chi connectivity index (χ1) is 18.6. The van der Waals surface area contributed by atoms with Crippen LogP contribution in [-0.4, -0.2) is 38.0 Å². The van der Waals surface area contributed by atoms with Crippen molar-refractivity contribution in [3.8, 4) is 0 Å². The Morgan fingerprint density at radius 1 is 0.872 bits per heavy atom. The number of anilines is 3. The highest BCUT2D eigenvalue weighted by Gasteiger charge is 2.30. The minimum atomic E-state index is -4.52. The molecule has 0 saturated carbocycles. The summed E-state index contributed by atoms with van der Waals surface area (Å²) in [6, 6.07) is 13.2. The number of aromatic amines is 1. The van der Waals surface area contributed by atoms with Crippen molar-refractivity contribution in [1.29, 1.82) is 0 Å². The van der Waals surface area contributed by atoms with Gasteiger partial charge < -0.3 is 20.7 Å². The van der Waals surface area contributed by atoms with Crippen LogP contribution in [-0.2, 0) is 23.8 Å². The Kier molecular flexibility index (Phi) is 7.89. The van der Waals surface area contributed by atoms with Gasteiger partial charge in [0.25, 0.3) is 0 Å². The molecule has 0 radical (unpaired) electrons. The molecule has 0 aliphatic heterocycles. The summed E-state index contributed by atoms with van der Waals surface area (Å²) in [6.45, 7) is 0. The molecule has 3 amide bonds. The van der Waals surface area contributed by atoms with E-state index in [1.54, 1.807) is 48.8 Å². The largest absolute Gasteiger partial charge is 0.476 e. The van der Waals surface area contributed by atoms with Crippen LogP contribution in [0.3, 0.4) is 0 Å². The highest BCUT2D eigenvalue weighted by atomic mass is 19.4. The molecule has 2 heterocycles. The van der Waals surface area contributed by atoms with E-state index in [4.69, 9.17) is 0 Å². The van der Waals surface area contributed by atoms with Gasteiger partial charge in [-0.1, -0.05) is 18.2 Å². The van der Waals surface area contributed by atoms with Crippen LogP contribution in [0.5, 0.6) is 0 Å². The van der Waals surface area contributed by atoms with Crippen LogP contribution in [0.2, 0.25) is 0 Å². The van der Waals surface area contributed by atoms with Crippen molar-refractivity contribution in [2.24, 2.45) is 0 Å². The molecule has 5 N–H and O–H groups in total. The summed E-state index contributed by atoms with van der Waals surface area (Å²) in [5.41, 5.74) is 0.912. The van der Waals surface area contributed by atoms with E-state index in [2.05, 4.69) is 30.9 Å². The van der Waals surface area contributed by atoms with Gasteiger partial charge in [-0.05, 0) is 53.6 Å². The number of rotatable bonds is 8. The fourth-order valence-electron chi connectivity index (χ4n) is 3.56. The van der Waals surface area contributed by atoms with Crippen LogP contribution in [0.15, 0.2) is 73.1 Å². The van der Waals surface area contributed by atoms with E-state index in [0.717, 1.165) is 35.4 Å². The third kappa shape index (κ3) is 7.41. The molecule has 0 fully saturated rings. The number of nitrogens with zero attached hydrogens (tertiary/aromatic N) is 2. The van der Waals surface area contributed by atoms with Gasteiger partial charge in [0.05, 0.1) is 12.0 Å². The number of carboxylic acids is 1. The van der Waals surface area contributed by atoms with Crippen LogP contribution in [0, 0.1) is 0 Å². The van der Waals surface area contributed by atoms with Crippen LogP contribution in [0.4, 0.5) is 35.2 Å². The Morgan fingerprint density at radius 2 is 1.54 bits per heavy atom. The van der Waals surface area contributed by atoms with Gasteiger partial charge in [-0.3, -0.25) is 15.1 Å². The van der Waals surface area contributed by atoms with Gasteiger partial charge in [-0.25, -0.2) is 14.6 Å². The van der Waals surface area contributed by atoms with Gasteiger partial charge in [-0.15, -0.1) is 0 Å². The summed E-state index contributed by atoms with van der Waals surface area (Å²) in [6.07, 6.45) is -0.930. The highest BCUT2D eigenvalue weighted by Crippen LogP contribution is 2.29. The molecule has 0 aliphatic rings. The molecule has 2 aromatic carbocycles. The lowest BCUT2D eigenvalue weighted by molar-refractivity contribution is -0.137. The number of H-pyrrole nitrogens is 1. The standard InChI is InChI=1S/C26H21F3N6O4/c27-26(28,29)17-5-9-19(10-6-17)32-25(39)35-23-22(24(37)38)33-20(34-23)12-15-3-7-18(8-4-15)31-21(36)13-16-2-1-11-30-14-16/h1-11,14H,12-13H2,(H,31,36)(H,33,34)(H,37,38)(H2,32,35,39). The highest BCUT2D eigenvalue weighted by molar-refractivity contribution is 6.03. The first kappa shape index (κ1) is 26.9. The summed E-state index contributed by atoms with van der Waals surface area (Å²) in [5.74, 6) is -1.60. The number of alkyl halides is 3. The van der Waals surface area contributed by atoms with E-state index in [1.165, 1.54) is 0 Å². The van der Waals surface area contributed by atoms with Crippen molar-refractivity contribution in [3.05, 3.63) is 101 Å². The normalized spacial score (nSPS) is 11.1. The number of benzene rings is 2. The van der Waals surface area contributed by atoms with E-state index >= 15 is 0 Å². The van der Waals surface area contributed by atoms with Gasteiger partial charge in [0.1, 0.15) is 5.82 Å². The van der Waals surface area contributed by atoms with Crippen molar-refractivity contribution in [1.82, 2.24) is 15.0 Å². The third-order valence-electron chi connectivity index (χ3n) is 5.37. The Bertz CT molecular complexity index is 1470. The lowest BCUT2D eigenvalue weighted by Crippen LogP contribution is -2.21. The number of hydrogen-bond donors (Lipinski definition) is 5. The smallest absolute Gasteiger partial charge is 0.416 e. The van der Waals surface area contributed by atoms with Crippen molar-refractivity contribution in [2.75, 3.05) is 16.0 Å². The van der Waals surface area contributed by atoms with Gasteiger partial charge in [-0.2, -0.15) is 13.2 Å². The van der Waals surface area contributed by atoms with Crippen molar-refractivity contribution < 1.29 is 32.7 Å². The maximum absolute atomic E-state index is 12.7. The van der Waals surface area contributed by atoms with Gasteiger partial charge in [0.2, 0.25) is 5.91 Å². The monoisotopic (exact) mass is 538 g/mol. The Balaban J connectivity index is 1.37. The Morgan fingerprint density at radius 3 is 2.15 bits per heavy atom. The molecule has 13 heteroatoms. The summed E-state index contributed by atoms with van der Waals surface area (Å²) in [5, 5.41) is 16.9. The zero-order valence-corrected chi connectivity index (χ0v) is 20.0. The number of amides is 3. The number of halogens is 3. The molecule has 4 rings (SSSR count). The second kappa shape index (κ2) is 11.5. The quantitative estimate of drug-likeness (QED) is 0.215. The number of carbonyl (C=O) groups excluding carboxylic acids is 2. The first-order valence-corrected chi connectivity index (χ1v) is 11.4. The van der Waals surface area contributed by atoms with Crippen molar-refractivity contribution in [3.63, 3.8) is 0 Å². The van der Waals surface area contributed by atoms with Gasteiger partial charge >= 0.3 is 18.2 Å². The third-order valence-corrected chi connectivity index (χ3v) is 5.37. The van der Waals surface area contributed by atoms with Crippen LogP contribution < -0.4 is 16.0 Å². The molecule has 0 unspecified atom stereocenters. The average Bonchev–Trinajstić information content (AvgIpc) is 3.27. The predicted octanol–water partition coefficient (Wildman–Crippen LogP) is 4.94. The van der Waals surface area contributed by atoms with Crippen LogP contribution in [0.1, 0.15) is 33.0 Å². The second-order valence-electron chi connectivity index (χ2n) is 8.33. The summed E-state index contributed by atoms with van der Waals surface area (Å²) >= 11 is 0. The molecule has 2 aromatic heterocycles. The maximum atomic E-state index is 12.7. The molecule has 0 bridgehead atoms. The number of aromatic nitrogens is 3. The van der Waals surface area contributed by atoms with E-state index < -0.39 is 23.7 Å². The molecule has 39 heavy (non-hydrogen) atoms. The van der Waals surface area contributed by atoms with E-state index in [0.29, 0.717) is 5.69 Å². The lowest BCUT2D eigenvalue weighted by atomic mass is 10.1.